The Morgan fingerprint density at radius 2 is 2.00 bits per heavy atom. The van der Waals surface area contributed by atoms with E-state index in [4.69, 9.17) is 4.42 Å². The van der Waals surface area contributed by atoms with E-state index in [1.54, 1.807) is 0 Å². The summed E-state index contributed by atoms with van der Waals surface area (Å²) in [5, 5.41) is 6.70. The van der Waals surface area contributed by atoms with Gasteiger partial charge in [0, 0.05) is 32.7 Å². The number of guanidine groups is 1. The van der Waals surface area contributed by atoms with Crippen molar-refractivity contribution < 1.29 is 4.42 Å². The highest BCUT2D eigenvalue weighted by molar-refractivity contribution is 14.0. The Kier molecular flexibility index (Phi) is 9.24. The lowest BCUT2D eigenvalue weighted by molar-refractivity contribution is 0.251. The second kappa shape index (κ2) is 11.4. The zero-order chi connectivity index (χ0) is 19.1. The fraction of sp³-hybridized carbons (Fsp3) is 0.524. The molecule has 1 aliphatic heterocycles. The van der Waals surface area contributed by atoms with Crippen molar-refractivity contribution in [1.82, 2.24) is 20.5 Å². The van der Waals surface area contributed by atoms with E-state index in [9.17, 15) is 0 Å². The average Bonchev–Trinajstić information content (AvgIpc) is 3.00. The number of benzene rings is 1. The van der Waals surface area contributed by atoms with Crippen LogP contribution in [0.3, 0.4) is 0 Å². The second-order valence-corrected chi connectivity index (χ2v) is 7.02. The standard InChI is InChI=1S/C21H31N5O.HI/c1-4-22-21(24-14-20-25-16(2)17(3)27-20)23-11-7-12-26-13-10-18-8-5-6-9-19(18)15-26;/h5-6,8-9H,4,7,10-15H2,1-3H3,(H2,22,23,24);1H. The maximum atomic E-state index is 5.60. The highest BCUT2D eigenvalue weighted by atomic mass is 127. The number of aromatic nitrogens is 1. The Hall–Kier alpha value is -1.61. The van der Waals surface area contributed by atoms with Crippen LogP contribution in [0, 0.1) is 13.8 Å². The van der Waals surface area contributed by atoms with Gasteiger partial charge in [0.2, 0.25) is 5.89 Å². The molecule has 1 aromatic heterocycles. The van der Waals surface area contributed by atoms with E-state index in [1.807, 2.05) is 13.8 Å². The maximum absolute atomic E-state index is 5.60. The largest absolute Gasteiger partial charge is 0.444 e. The van der Waals surface area contributed by atoms with Crippen LogP contribution in [0.25, 0.3) is 0 Å². The molecule has 0 aliphatic carbocycles. The first-order valence-electron chi connectivity index (χ1n) is 9.90. The maximum Gasteiger partial charge on any atom is 0.216 e. The lowest BCUT2D eigenvalue weighted by Gasteiger charge is -2.28. The molecule has 1 aromatic carbocycles. The number of fused-ring (bicyclic) bond motifs is 1. The van der Waals surface area contributed by atoms with E-state index in [0.29, 0.717) is 12.4 Å². The normalized spacial score (nSPS) is 14.3. The third kappa shape index (κ3) is 6.48. The van der Waals surface area contributed by atoms with Gasteiger partial charge in [-0.05, 0) is 44.7 Å². The molecule has 0 radical (unpaired) electrons. The number of aryl methyl sites for hydroxylation is 2. The van der Waals surface area contributed by atoms with Crippen molar-refractivity contribution in [3.05, 3.63) is 52.7 Å². The van der Waals surface area contributed by atoms with Gasteiger partial charge in [0.15, 0.2) is 5.96 Å². The predicted octanol–water partition coefficient (Wildman–Crippen LogP) is 3.41. The smallest absolute Gasteiger partial charge is 0.216 e. The van der Waals surface area contributed by atoms with Crippen molar-refractivity contribution in [3.63, 3.8) is 0 Å². The van der Waals surface area contributed by atoms with Crippen molar-refractivity contribution in [2.45, 2.75) is 46.7 Å². The van der Waals surface area contributed by atoms with Crippen LogP contribution >= 0.6 is 24.0 Å². The molecule has 1 aliphatic rings. The summed E-state index contributed by atoms with van der Waals surface area (Å²) in [6.07, 6.45) is 2.24. The highest BCUT2D eigenvalue weighted by Crippen LogP contribution is 2.18. The number of rotatable bonds is 7. The number of nitrogens with zero attached hydrogens (tertiary/aromatic N) is 3. The molecule has 0 saturated heterocycles. The summed E-state index contributed by atoms with van der Waals surface area (Å²) in [5.74, 6) is 2.34. The summed E-state index contributed by atoms with van der Waals surface area (Å²) in [6, 6.07) is 8.78. The second-order valence-electron chi connectivity index (χ2n) is 7.02. The molecule has 0 unspecified atom stereocenters. The number of aliphatic imine (C=N–C) groups is 1. The monoisotopic (exact) mass is 497 g/mol. The van der Waals surface area contributed by atoms with Crippen LogP contribution in [0.2, 0.25) is 0 Å². The molecule has 2 heterocycles. The topological polar surface area (TPSA) is 65.7 Å². The quantitative estimate of drug-likeness (QED) is 0.266. The summed E-state index contributed by atoms with van der Waals surface area (Å²) in [4.78, 5) is 11.5. The first-order chi connectivity index (χ1) is 13.2. The Bertz CT molecular complexity index is 754. The molecule has 3 rings (SSSR count). The molecular formula is C21H32IN5O. The fourth-order valence-corrected chi connectivity index (χ4v) is 3.35. The molecule has 7 heteroatoms. The zero-order valence-corrected chi connectivity index (χ0v) is 19.5. The van der Waals surface area contributed by atoms with Crippen LogP contribution < -0.4 is 10.6 Å². The van der Waals surface area contributed by atoms with Crippen LogP contribution in [0.5, 0.6) is 0 Å². The van der Waals surface area contributed by atoms with Crippen LogP contribution in [0.4, 0.5) is 0 Å². The van der Waals surface area contributed by atoms with E-state index in [0.717, 1.165) is 63.0 Å². The number of hydrogen-bond acceptors (Lipinski definition) is 4. The van der Waals surface area contributed by atoms with Crippen molar-refractivity contribution >= 4 is 29.9 Å². The third-order valence-corrected chi connectivity index (χ3v) is 4.94. The molecule has 6 nitrogen and oxygen atoms in total. The minimum Gasteiger partial charge on any atom is -0.444 e. The van der Waals surface area contributed by atoms with Crippen LogP contribution in [0.1, 0.15) is 41.8 Å². The molecule has 2 N–H and O–H groups in total. The van der Waals surface area contributed by atoms with Gasteiger partial charge in [-0.3, -0.25) is 4.90 Å². The van der Waals surface area contributed by atoms with Gasteiger partial charge in [0.25, 0.3) is 0 Å². The van der Waals surface area contributed by atoms with E-state index in [1.165, 1.54) is 11.1 Å². The fourth-order valence-electron chi connectivity index (χ4n) is 3.35. The van der Waals surface area contributed by atoms with Crippen molar-refractivity contribution in [1.29, 1.82) is 0 Å². The summed E-state index contributed by atoms with van der Waals surface area (Å²) in [6.45, 7) is 11.4. The summed E-state index contributed by atoms with van der Waals surface area (Å²) >= 11 is 0. The van der Waals surface area contributed by atoms with E-state index < -0.39 is 0 Å². The minimum atomic E-state index is 0. The van der Waals surface area contributed by atoms with Gasteiger partial charge in [-0.2, -0.15) is 0 Å². The van der Waals surface area contributed by atoms with Crippen LogP contribution in [-0.4, -0.2) is 42.0 Å². The summed E-state index contributed by atoms with van der Waals surface area (Å²) in [5.41, 5.74) is 3.91. The molecule has 0 saturated carbocycles. The first-order valence-corrected chi connectivity index (χ1v) is 9.90. The minimum absolute atomic E-state index is 0. The molecule has 0 bridgehead atoms. The molecular weight excluding hydrogens is 465 g/mol. The van der Waals surface area contributed by atoms with Crippen molar-refractivity contribution in [2.75, 3.05) is 26.2 Å². The summed E-state index contributed by atoms with van der Waals surface area (Å²) in [7, 11) is 0. The van der Waals surface area contributed by atoms with E-state index in [2.05, 4.69) is 56.7 Å². The molecule has 2 aromatic rings. The Morgan fingerprint density at radius 3 is 2.71 bits per heavy atom. The SMILES string of the molecule is CCNC(=NCc1nc(C)c(C)o1)NCCCN1CCc2ccccc2C1.I. The van der Waals surface area contributed by atoms with E-state index in [-0.39, 0.29) is 24.0 Å². The average molecular weight is 497 g/mol. The van der Waals surface area contributed by atoms with Gasteiger partial charge in [0.1, 0.15) is 12.3 Å². The van der Waals surface area contributed by atoms with Gasteiger partial charge < -0.3 is 15.1 Å². The van der Waals surface area contributed by atoms with Gasteiger partial charge in [0.05, 0.1) is 5.69 Å². The lowest BCUT2D eigenvalue weighted by atomic mass is 10.00. The van der Waals surface area contributed by atoms with Gasteiger partial charge in [-0.15, -0.1) is 24.0 Å². The van der Waals surface area contributed by atoms with Crippen LogP contribution in [0.15, 0.2) is 33.7 Å². The molecule has 0 amide bonds. The molecule has 0 fully saturated rings. The Morgan fingerprint density at radius 1 is 1.21 bits per heavy atom. The molecule has 28 heavy (non-hydrogen) atoms. The van der Waals surface area contributed by atoms with Crippen molar-refractivity contribution in [3.8, 4) is 0 Å². The van der Waals surface area contributed by atoms with Crippen molar-refractivity contribution in [2.24, 2.45) is 4.99 Å². The number of oxazole rings is 1. The van der Waals surface area contributed by atoms with Gasteiger partial charge in [-0.25, -0.2) is 9.98 Å². The third-order valence-electron chi connectivity index (χ3n) is 4.94. The molecule has 154 valence electrons. The number of nitrogens with one attached hydrogen (secondary N) is 2. The first kappa shape index (κ1) is 22.7. The van der Waals surface area contributed by atoms with Gasteiger partial charge >= 0.3 is 0 Å². The summed E-state index contributed by atoms with van der Waals surface area (Å²) < 4.78 is 5.60. The Labute approximate surface area is 185 Å². The van der Waals surface area contributed by atoms with Gasteiger partial charge in [-0.1, -0.05) is 24.3 Å². The number of halogens is 1. The zero-order valence-electron chi connectivity index (χ0n) is 17.1. The number of hydrogen-bond donors (Lipinski definition) is 2. The lowest BCUT2D eigenvalue weighted by Crippen LogP contribution is -2.39. The molecule has 0 spiro atoms. The predicted molar refractivity (Wildman–Crippen MR) is 124 cm³/mol. The Balaban J connectivity index is 0.00000280. The van der Waals surface area contributed by atoms with Crippen LogP contribution in [-0.2, 0) is 19.5 Å². The molecule has 0 atom stereocenters. The highest BCUT2D eigenvalue weighted by Gasteiger charge is 2.14. The van der Waals surface area contributed by atoms with E-state index >= 15 is 0 Å².